The Kier molecular flexibility index (Phi) is 13.8. The van der Waals surface area contributed by atoms with Crippen molar-refractivity contribution in [3.63, 3.8) is 0 Å². The number of anilines is 1. The number of ether oxygens (including phenoxy) is 8. The minimum Gasteiger partial charge on any atom is -0.462 e. The van der Waals surface area contributed by atoms with Crippen molar-refractivity contribution in [2.24, 2.45) is 35.5 Å². The molecule has 6 fully saturated rings. The van der Waals surface area contributed by atoms with Gasteiger partial charge in [0.2, 0.25) is 0 Å². The number of hydrogen-bond acceptors (Lipinski definition) is 12. The summed E-state index contributed by atoms with van der Waals surface area (Å²) in [6.45, 7) is 7.91. The molecule has 3 aliphatic carbocycles. The predicted octanol–water partition coefficient (Wildman–Crippen LogP) is 6.61. The molecule has 4 heterocycles. The first-order chi connectivity index (χ1) is 29.7. The SMILES string of the molecule is CC[C@H]1CCC[C@H](O[C@H]2CC[C@H](N(C)C)C(C)O2)[C@@H](C)C(=O)C2=C[C@H]3[C@@H]4C[C@H](O[C@@H]5OC(C)[C@H](OC)C(OC)[C@@H]5OC)C[C@H]4[C@H]4[C@@H]([C@H]3[C@@H]2CC(=O)O1)N4c1cc(F)c(F)c(F)c1. The first kappa shape index (κ1) is 45.9. The van der Waals surface area contributed by atoms with Gasteiger partial charge in [0.15, 0.2) is 35.8 Å². The molecule has 3 unspecified atom stereocenters. The van der Waals surface area contributed by atoms with Crippen LogP contribution in [0.25, 0.3) is 0 Å². The molecule has 0 bridgehead atoms. The maximum atomic E-state index is 15.1. The molecule has 2 saturated carbocycles. The standard InChI is InChI=1S/C47H67F3N2O10/c1-10-26-12-11-13-36(62-38-15-14-35(51(5)6)23(3)58-38)22(2)43(54)32-20-29-28-18-27(61-47-46(57-9)45(56-8)44(55-7)24(4)59-47)19-31(28)41-42(39(29)30(32)21-37(53)60-26)52(41)25-16-33(48)40(50)34(49)17-25/h16-17,20,22-24,26-31,35-36,38-39,41-42,44-47H,10-15,18-19,21H2,1-9H3/t22-,23?,24?,26+,27+,28+,29+,30-,31-,35+,36+,38+,39-,41+,42-,44+,45?,46+,47+,52?/m1/s1. The second kappa shape index (κ2) is 18.7. The van der Waals surface area contributed by atoms with E-state index in [4.69, 9.17) is 37.9 Å². The van der Waals surface area contributed by atoms with Crippen LogP contribution in [0.5, 0.6) is 0 Å². The first-order valence-electron chi connectivity index (χ1n) is 22.9. The van der Waals surface area contributed by atoms with E-state index in [0.717, 1.165) is 18.6 Å². The van der Waals surface area contributed by atoms with E-state index in [-0.39, 0.29) is 96.2 Å². The van der Waals surface area contributed by atoms with Crippen LogP contribution in [0.4, 0.5) is 18.9 Å². The molecule has 0 radical (unpaired) electrons. The second-order valence-corrected chi connectivity index (χ2v) is 19.2. The Morgan fingerprint density at radius 3 is 2.16 bits per heavy atom. The zero-order chi connectivity index (χ0) is 44.3. The van der Waals surface area contributed by atoms with Crippen LogP contribution in [0.1, 0.15) is 85.5 Å². The highest BCUT2D eigenvalue weighted by molar-refractivity contribution is 5.99. The van der Waals surface area contributed by atoms with E-state index in [2.05, 4.69) is 32.0 Å². The summed E-state index contributed by atoms with van der Waals surface area (Å²) in [5.41, 5.74) is 0.820. The number of likely N-dealkylation sites (N-methyl/N-ethyl adjacent to an activating group) is 1. The van der Waals surface area contributed by atoms with Gasteiger partial charge in [0.05, 0.1) is 42.9 Å². The Hall–Kier alpha value is -2.63. The van der Waals surface area contributed by atoms with Crippen LogP contribution in [0.2, 0.25) is 0 Å². The van der Waals surface area contributed by atoms with Crippen LogP contribution in [-0.4, -0.2) is 132 Å². The van der Waals surface area contributed by atoms with Gasteiger partial charge in [-0.25, -0.2) is 13.2 Å². The largest absolute Gasteiger partial charge is 0.462 e. The third kappa shape index (κ3) is 8.51. The summed E-state index contributed by atoms with van der Waals surface area (Å²) in [6, 6.07) is 1.90. The van der Waals surface area contributed by atoms with Crippen LogP contribution in [-0.2, 0) is 47.5 Å². The number of Topliss-reactive ketones (excluding diaryl/α,β-unsaturated/α-hetero) is 1. The van der Waals surface area contributed by atoms with Crippen molar-refractivity contribution in [2.45, 2.75) is 165 Å². The number of fused-ring (bicyclic) bond motifs is 8. The highest BCUT2D eigenvalue weighted by Crippen LogP contribution is 2.65. The monoisotopic (exact) mass is 876 g/mol. The Bertz CT molecular complexity index is 1800. The predicted molar refractivity (Wildman–Crippen MR) is 221 cm³/mol. The molecule has 15 heteroatoms. The van der Waals surface area contributed by atoms with E-state index >= 15 is 4.79 Å². The number of benzene rings is 1. The summed E-state index contributed by atoms with van der Waals surface area (Å²) in [6.07, 6.45) is 3.49. The zero-order valence-electron chi connectivity index (χ0n) is 37.7. The van der Waals surface area contributed by atoms with Crippen molar-refractivity contribution in [1.29, 1.82) is 0 Å². The number of nitrogens with zero attached hydrogens (tertiary/aromatic N) is 2. The molecule has 1 aromatic carbocycles. The molecule has 4 aliphatic heterocycles. The maximum Gasteiger partial charge on any atom is 0.306 e. The number of rotatable bonds is 10. The zero-order valence-corrected chi connectivity index (χ0v) is 37.7. The van der Waals surface area contributed by atoms with Gasteiger partial charge in [-0.2, -0.15) is 0 Å². The highest BCUT2D eigenvalue weighted by atomic mass is 19.2. The van der Waals surface area contributed by atoms with Gasteiger partial charge >= 0.3 is 5.97 Å². The van der Waals surface area contributed by atoms with Crippen LogP contribution in [0.3, 0.4) is 0 Å². The molecule has 12 nitrogen and oxygen atoms in total. The topological polar surface area (TPSA) is 114 Å². The van der Waals surface area contributed by atoms with Gasteiger partial charge in [-0.15, -0.1) is 0 Å². The van der Waals surface area contributed by atoms with Gasteiger partial charge in [0, 0.05) is 57.0 Å². The van der Waals surface area contributed by atoms with E-state index in [0.29, 0.717) is 50.5 Å². The molecule has 19 atom stereocenters. The molecular formula is C47H67F3N2O10. The molecule has 1 aromatic rings. The molecule has 4 saturated heterocycles. The quantitative estimate of drug-likeness (QED) is 0.143. The van der Waals surface area contributed by atoms with E-state index in [1.165, 1.54) is 0 Å². The minimum absolute atomic E-state index is 0.00837. The first-order valence-corrected chi connectivity index (χ1v) is 22.9. The normalized spacial score (nSPS) is 43.5. The average molecular weight is 877 g/mol. The lowest BCUT2D eigenvalue weighted by molar-refractivity contribution is -0.314. The van der Waals surface area contributed by atoms with Gasteiger partial charge in [0.25, 0.3) is 0 Å². The van der Waals surface area contributed by atoms with E-state index in [1.54, 1.807) is 21.3 Å². The number of methoxy groups -OCH3 is 3. The summed E-state index contributed by atoms with van der Waals surface area (Å²) in [4.78, 5) is 33.2. The van der Waals surface area contributed by atoms with E-state index in [1.807, 2.05) is 25.7 Å². The third-order valence-electron chi connectivity index (χ3n) is 15.7. The molecule has 346 valence electrons. The summed E-state index contributed by atoms with van der Waals surface area (Å²) in [5, 5.41) is 0. The molecular weight excluding hydrogens is 810 g/mol. The number of carbonyl (C=O) groups excluding carboxylic acids is 2. The fourth-order valence-electron chi connectivity index (χ4n) is 12.7. The van der Waals surface area contributed by atoms with Gasteiger partial charge in [0.1, 0.15) is 24.4 Å². The third-order valence-corrected chi connectivity index (χ3v) is 15.7. The summed E-state index contributed by atoms with van der Waals surface area (Å²) < 4.78 is 94.2. The Morgan fingerprint density at radius 1 is 0.823 bits per heavy atom. The summed E-state index contributed by atoms with van der Waals surface area (Å²) in [7, 11) is 8.90. The number of carbonyl (C=O) groups is 2. The van der Waals surface area contributed by atoms with Crippen LogP contribution < -0.4 is 4.90 Å². The van der Waals surface area contributed by atoms with E-state index < -0.39 is 60.2 Å². The lowest BCUT2D eigenvalue weighted by Crippen LogP contribution is -2.59. The minimum atomic E-state index is -1.53. The van der Waals surface area contributed by atoms with Gasteiger partial charge < -0.3 is 47.7 Å². The second-order valence-electron chi connectivity index (χ2n) is 19.2. The molecule has 0 N–H and O–H groups in total. The van der Waals surface area contributed by atoms with Crippen LogP contribution in [0.15, 0.2) is 23.8 Å². The molecule has 7 aliphatic rings. The van der Waals surface area contributed by atoms with Crippen molar-refractivity contribution in [1.82, 2.24) is 4.90 Å². The number of allylic oxidation sites excluding steroid dienone is 2. The van der Waals surface area contributed by atoms with Crippen molar-refractivity contribution in [3.05, 3.63) is 41.2 Å². The van der Waals surface area contributed by atoms with Crippen molar-refractivity contribution < 1.29 is 60.7 Å². The van der Waals surface area contributed by atoms with Crippen LogP contribution >= 0.6 is 0 Å². The highest BCUT2D eigenvalue weighted by Gasteiger charge is 2.69. The smallest absolute Gasteiger partial charge is 0.306 e. The number of ketones is 1. The van der Waals surface area contributed by atoms with Crippen molar-refractivity contribution in [3.8, 4) is 0 Å². The summed E-state index contributed by atoms with van der Waals surface area (Å²) >= 11 is 0. The van der Waals surface area contributed by atoms with Crippen LogP contribution in [0, 0.1) is 53.0 Å². The number of hydrogen-bond donors (Lipinski definition) is 0. The number of esters is 1. The van der Waals surface area contributed by atoms with Gasteiger partial charge in [-0.05, 0) is 109 Å². The molecule has 0 spiro atoms. The fourth-order valence-corrected chi connectivity index (χ4v) is 12.7. The van der Waals surface area contributed by atoms with Gasteiger partial charge in [-0.3, -0.25) is 9.59 Å². The molecule has 0 amide bonds. The maximum absolute atomic E-state index is 15.1. The Morgan fingerprint density at radius 2 is 1.52 bits per heavy atom. The molecule has 8 rings (SSSR count). The lowest BCUT2D eigenvalue weighted by Gasteiger charge is -2.44. The lowest BCUT2D eigenvalue weighted by atomic mass is 9.66. The Balaban J connectivity index is 1.12. The number of cyclic esters (lactones) is 1. The molecule has 62 heavy (non-hydrogen) atoms. The van der Waals surface area contributed by atoms with Gasteiger partial charge in [-0.1, -0.05) is 19.9 Å². The number of halogens is 3. The van der Waals surface area contributed by atoms with E-state index in [9.17, 15) is 18.0 Å². The Labute approximate surface area is 364 Å². The average Bonchev–Trinajstić information content (AvgIpc) is 3.65. The fraction of sp³-hybridized carbons (Fsp3) is 0.787. The summed E-state index contributed by atoms with van der Waals surface area (Å²) in [5.74, 6) is -5.99. The van der Waals surface area contributed by atoms with Crippen molar-refractivity contribution in [2.75, 3.05) is 40.3 Å². The molecule has 0 aromatic heterocycles. The van der Waals surface area contributed by atoms with Crippen molar-refractivity contribution >= 4 is 17.4 Å².